The molecule has 3 aromatic rings. The number of fused-ring (bicyclic) bond motifs is 1. The van der Waals surface area contributed by atoms with Crippen LogP contribution < -0.4 is 16.0 Å². The average Bonchev–Trinajstić information content (AvgIpc) is 2.74. The Morgan fingerprint density at radius 3 is 2.56 bits per heavy atom. The van der Waals surface area contributed by atoms with Crippen LogP contribution in [0.3, 0.4) is 0 Å². The van der Waals surface area contributed by atoms with Crippen LogP contribution in [0.25, 0.3) is 22.2 Å². The smallest absolute Gasteiger partial charge is 0.319 e. The van der Waals surface area contributed by atoms with Gasteiger partial charge in [-0.25, -0.2) is 19.2 Å². The van der Waals surface area contributed by atoms with Crippen molar-refractivity contribution in [2.75, 3.05) is 37.4 Å². The maximum Gasteiger partial charge on any atom is 0.319 e. The summed E-state index contributed by atoms with van der Waals surface area (Å²) in [7, 11) is 1.63. The van der Waals surface area contributed by atoms with Crippen molar-refractivity contribution in [2.24, 2.45) is 5.41 Å². The molecule has 0 unspecified atom stereocenters. The Morgan fingerprint density at radius 1 is 1.09 bits per heavy atom. The fraction of sp³-hybridized carbons (Fsp3) is 0.440. The molecule has 0 radical (unpaired) electrons. The van der Waals surface area contributed by atoms with Gasteiger partial charge in [0.1, 0.15) is 5.82 Å². The summed E-state index contributed by atoms with van der Waals surface area (Å²) in [4.78, 5) is 25.8. The van der Waals surface area contributed by atoms with Crippen molar-refractivity contribution in [3.8, 4) is 11.1 Å². The lowest BCUT2D eigenvalue weighted by Gasteiger charge is -2.18. The Bertz CT molecular complexity index is 1180. The van der Waals surface area contributed by atoms with Gasteiger partial charge in [0.2, 0.25) is 5.95 Å². The second-order valence-electron chi connectivity index (χ2n) is 9.49. The van der Waals surface area contributed by atoms with Crippen molar-refractivity contribution in [3.63, 3.8) is 0 Å². The number of halogens is 1. The molecule has 34 heavy (non-hydrogen) atoms. The summed E-state index contributed by atoms with van der Waals surface area (Å²) in [5, 5.41) is 9.27. The van der Waals surface area contributed by atoms with Crippen LogP contribution in [-0.2, 0) is 4.74 Å². The fourth-order valence-electron chi connectivity index (χ4n) is 3.45. The number of benzene rings is 1. The van der Waals surface area contributed by atoms with E-state index < -0.39 is 11.8 Å². The first-order valence-corrected chi connectivity index (χ1v) is 11.3. The van der Waals surface area contributed by atoms with Gasteiger partial charge in [-0.1, -0.05) is 20.8 Å². The summed E-state index contributed by atoms with van der Waals surface area (Å²) in [6, 6.07) is 4.56. The van der Waals surface area contributed by atoms with Gasteiger partial charge >= 0.3 is 6.03 Å². The van der Waals surface area contributed by atoms with Gasteiger partial charge in [0, 0.05) is 43.0 Å². The van der Waals surface area contributed by atoms with Crippen molar-refractivity contribution >= 4 is 28.7 Å². The lowest BCUT2D eigenvalue weighted by molar-refractivity contribution is 0.210. The van der Waals surface area contributed by atoms with Crippen molar-refractivity contribution in [1.29, 1.82) is 0 Å². The van der Waals surface area contributed by atoms with Crippen molar-refractivity contribution in [2.45, 2.75) is 41.0 Å². The zero-order valence-electron chi connectivity index (χ0n) is 20.7. The van der Waals surface area contributed by atoms with Gasteiger partial charge < -0.3 is 20.7 Å². The summed E-state index contributed by atoms with van der Waals surface area (Å²) in [5.74, 6) is -0.0140. The molecule has 9 heteroatoms. The number of hydrogen-bond donors (Lipinski definition) is 3. The molecular weight excluding hydrogens is 435 g/mol. The summed E-state index contributed by atoms with van der Waals surface area (Å²) in [6.45, 7) is 11.6. The maximum atomic E-state index is 14.6. The average molecular weight is 469 g/mol. The van der Waals surface area contributed by atoms with Gasteiger partial charge in [0.15, 0.2) is 5.65 Å². The van der Waals surface area contributed by atoms with Crippen LogP contribution in [0.5, 0.6) is 0 Å². The van der Waals surface area contributed by atoms with E-state index in [9.17, 15) is 9.18 Å². The lowest BCUT2D eigenvalue weighted by Crippen LogP contribution is -2.31. The molecule has 2 heterocycles. The van der Waals surface area contributed by atoms with Crippen LogP contribution in [0.1, 0.15) is 38.4 Å². The van der Waals surface area contributed by atoms with Crippen LogP contribution >= 0.6 is 0 Å². The largest absolute Gasteiger partial charge is 0.383 e. The van der Waals surface area contributed by atoms with Gasteiger partial charge in [-0.15, -0.1) is 0 Å². The number of aromatic nitrogens is 3. The number of aryl methyl sites for hydroxylation is 2. The molecule has 3 N–H and O–H groups in total. The number of methoxy groups -OCH3 is 1. The highest BCUT2D eigenvalue weighted by Crippen LogP contribution is 2.32. The summed E-state index contributed by atoms with van der Waals surface area (Å²) >= 11 is 0. The molecule has 0 saturated heterocycles. The molecule has 3 rings (SSSR count). The van der Waals surface area contributed by atoms with E-state index in [1.54, 1.807) is 19.4 Å². The molecule has 0 fully saturated rings. The van der Waals surface area contributed by atoms with Crippen LogP contribution in [0.15, 0.2) is 24.4 Å². The van der Waals surface area contributed by atoms with E-state index in [2.05, 4.69) is 51.7 Å². The van der Waals surface area contributed by atoms with E-state index in [4.69, 9.17) is 4.74 Å². The van der Waals surface area contributed by atoms with Gasteiger partial charge in [-0.05, 0) is 55.0 Å². The fourth-order valence-corrected chi connectivity index (χ4v) is 3.45. The minimum atomic E-state index is -0.492. The molecule has 8 nitrogen and oxygen atoms in total. The normalized spacial score (nSPS) is 11.5. The molecule has 2 aromatic heterocycles. The molecule has 2 amide bonds. The number of ether oxygens (including phenoxy) is 1. The summed E-state index contributed by atoms with van der Waals surface area (Å²) in [6.07, 6.45) is 2.52. The Hall–Kier alpha value is -3.33. The van der Waals surface area contributed by atoms with E-state index in [0.29, 0.717) is 31.3 Å². The highest BCUT2D eigenvalue weighted by Gasteiger charge is 2.16. The van der Waals surface area contributed by atoms with Gasteiger partial charge in [-0.2, -0.15) is 4.98 Å². The third-order valence-electron chi connectivity index (χ3n) is 5.36. The van der Waals surface area contributed by atoms with Gasteiger partial charge in [0.05, 0.1) is 12.3 Å². The molecule has 182 valence electrons. The third kappa shape index (κ3) is 6.60. The maximum absolute atomic E-state index is 14.6. The molecule has 0 saturated carbocycles. The predicted octanol–water partition coefficient (Wildman–Crippen LogP) is 5.06. The van der Waals surface area contributed by atoms with E-state index in [1.807, 2.05) is 19.9 Å². The number of carbonyl (C=O) groups excluding carboxylic acids is 1. The Morgan fingerprint density at radius 2 is 1.85 bits per heavy atom. The summed E-state index contributed by atoms with van der Waals surface area (Å²) < 4.78 is 19.7. The molecule has 0 aliphatic rings. The first-order chi connectivity index (χ1) is 16.1. The standard InChI is InChI=1S/C25H33FN6O2/c1-15-11-20(26)21(31-24(33)28-8-7-25(3,4)5)13-18(15)19-12-17-14-29-23(27-9-10-34-6)32-22(17)30-16(19)2/h11-14H,7-10H2,1-6H3,(H2,28,31,33)(H,27,29,30,32). The van der Waals surface area contributed by atoms with E-state index >= 15 is 0 Å². The van der Waals surface area contributed by atoms with Crippen LogP contribution in [0, 0.1) is 25.1 Å². The second-order valence-corrected chi connectivity index (χ2v) is 9.49. The minimum absolute atomic E-state index is 0.0978. The number of anilines is 2. The quantitative estimate of drug-likeness (QED) is 0.399. The number of rotatable bonds is 8. The number of urea groups is 1. The van der Waals surface area contributed by atoms with E-state index in [-0.39, 0.29) is 11.1 Å². The molecule has 0 aliphatic heterocycles. The van der Waals surface area contributed by atoms with Crippen LogP contribution in [-0.4, -0.2) is 47.8 Å². The molecule has 0 spiro atoms. The molecule has 0 aliphatic carbocycles. The number of carbonyl (C=O) groups is 1. The number of pyridine rings is 1. The van der Waals surface area contributed by atoms with Crippen molar-refractivity contribution in [1.82, 2.24) is 20.3 Å². The monoisotopic (exact) mass is 468 g/mol. The first-order valence-electron chi connectivity index (χ1n) is 11.3. The predicted molar refractivity (Wildman–Crippen MR) is 134 cm³/mol. The van der Waals surface area contributed by atoms with Gasteiger partial charge in [-0.3, -0.25) is 0 Å². The zero-order chi connectivity index (χ0) is 24.9. The minimum Gasteiger partial charge on any atom is -0.383 e. The highest BCUT2D eigenvalue weighted by molar-refractivity contribution is 5.91. The van der Waals surface area contributed by atoms with E-state index in [0.717, 1.165) is 34.2 Å². The van der Waals surface area contributed by atoms with Crippen molar-refractivity contribution < 1.29 is 13.9 Å². The molecule has 0 atom stereocenters. The topological polar surface area (TPSA) is 101 Å². The van der Waals surface area contributed by atoms with Crippen LogP contribution in [0.2, 0.25) is 0 Å². The van der Waals surface area contributed by atoms with E-state index in [1.165, 1.54) is 6.07 Å². The molecule has 1 aromatic carbocycles. The summed E-state index contributed by atoms with van der Waals surface area (Å²) in [5.41, 5.74) is 3.85. The number of amides is 2. The second kappa shape index (κ2) is 10.7. The Kier molecular flexibility index (Phi) is 7.98. The number of nitrogens with zero attached hydrogens (tertiary/aromatic N) is 3. The SMILES string of the molecule is COCCNc1ncc2cc(-c3cc(NC(=O)NCCC(C)(C)C)c(F)cc3C)c(C)nc2n1. The molecular formula is C25H33FN6O2. The highest BCUT2D eigenvalue weighted by atomic mass is 19.1. The third-order valence-corrected chi connectivity index (χ3v) is 5.36. The lowest BCUT2D eigenvalue weighted by atomic mass is 9.92. The van der Waals surface area contributed by atoms with Crippen molar-refractivity contribution in [3.05, 3.63) is 41.5 Å². The molecule has 0 bridgehead atoms. The Labute approximate surface area is 199 Å². The van der Waals surface area contributed by atoms with Crippen LogP contribution in [0.4, 0.5) is 20.8 Å². The number of hydrogen-bond acceptors (Lipinski definition) is 6. The first kappa shape index (κ1) is 25.3. The zero-order valence-corrected chi connectivity index (χ0v) is 20.7. The number of nitrogens with one attached hydrogen (secondary N) is 3. The Balaban J connectivity index is 1.85. The van der Waals surface area contributed by atoms with Gasteiger partial charge in [0.25, 0.3) is 0 Å².